The fraction of sp³-hybridized carbons (Fsp3) is 0. The van der Waals surface area contributed by atoms with Gasteiger partial charge in [0.2, 0.25) is 0 Å². The first-order valence-corrected chi connectivity index (χ1v) is 5.29. The Balaban J connectivity index is 2.91. The van der Waals surface area contributed by atoms with Crippen LogP contribution in [-0.2, 0) is 0 Å². The lowest BCUT2D eigenvalue weighted by atomic mass is 10.3. The first-order valence-electron chi connectivity index (χ1n) is 2.89. The number of hydrogen-bond acceptors (Lipinski definition) is 2. The average Bonchev–Trinajstić information content (AvgIpc) is 2.34. The zero-order valence-electron chi connectivity index (χ0n) is 5.27. The summed E-state index contributed by atoms with van der Waals surface area (Å²) in [5, 5.41) is 0. The van der Waals surface area contributed by atoms with E-state index in [2.05, 4.69) is 42.4 Å². The van der Waals surface area contributed by atoms with E-state index >= 15 is 0 Å². The van der Waals surface area contributed by atoms with E-state index in [9.17, 15) is 0 Å². The van der Waals surface area contributed by atoms with Crippen LogP contribution in [0.4, 0.5) is 0 Å². The third-order valence-electron chi connectivity index (χ3n) is 1.31. The van der Waals surface area contributed by atoms with E-state index in [-0.39, 0.29) is 0 Å². The summed E-state index contributed by atoms with van der Waals surface area (Å²) in [4.78, 5) is 4.09. The van der Waals surface area contributed by atoms with Gasteiger partial charge in [0, 0.05) is 8.95 Å². The second-order valence-corrected chi connectivity index (χ2v) is 4.64. The van der Waals surface area contributed by atoms with Gasteiger partial charge >= 0.3 is 0 Å². The second kappa shape index (κ2) is 2.84. The number of hydrogen-bond donors (Lipinski definition) is 0. The van der Waals surface area contributed by atoms with Crippen molar-refractivity contribution in [3.63, 3.8) is 0 Å². The Labute approximate surface area is 84.7 Å². The molecular weight excluding hydrogens is 290 g/mol. The maximum atomic E-state index is 4.09. The van der Waals surface area contributed by atoms with Crippen LogP contribution in [0.15, 0.2) is 21.1 Å². The molecule has 0 aliphatic heterocycles. The lowest BCUT2D eigenvalue weighted by Crippen LogP contribution is -1.70. The Morgan fingerprint density at radius 2 is 2.18 bits per heavy atom. The lowest BCUT2D eigenvalue weighted by Gasteiger charge is -1.92. The third kappa shape index (κ3) is 1.35. The van der Waals surface area contributed by atoms with Gasteiger partial charge in [-0.15, -0.1) is 11.3 Å². The molecule has 1 radical (unpaired) electrons. The van der Waals surface area contributed by atoms with E-state index in [0.29, 0.717) is 0 Å². The molecule has 4 heteroatoms. The molecule has 0 bridgehead atoms. The summed E-state index contributed by atoms with van der Waals surface area (Å²) in [7, 11) is 0. The minimum Gasteiger partial charge on any atom is -0.232 e. The van der Waals surface area contributed by atoms with Crippen molar-refractivity contribution >= 4 is 53.4 Å². The zero-order chi connectivity index (χ0) is 7.84. The van der Waals surface area contributed by atoms with Gasteiger partial charge in [0.15, 0.2) is 5.51 Å². The van der Waals surface area contributed by atoms with Gasteiger partial charge in [-0.25, -0.2) is 4.98 Å². The van der Waals surface area contributed by atoms with Crippen LogP contribution in [-0.4, -0.2) is 4.98 Å². The van der Waals surface area contributed by atoms with Crippen molar-refractivity contribution < 1.29 is 0 Å². The van der Waals surface area contributed by atoms with Crippen LogP contribution in [0.1, 0.15) is 0 Å². The predicted molar refractivity (Wildman–Crippen MR) is 53.9 cm³/mol. The Bertz CT molecular complexity index is 396. The van der Waals surface area contributed by atoms with Crippen molar-refractivity contribution in [3.8, 4) is 0 Å². The van der Waals surface area contributed by atoms with Crippen LogP contribution >= 0.6 is 43.2 Å². The molecule has 2 aromatic rings. The Kier molecular flexibility index (Phi) is 1.99. The summed E-state index contributed by atoms with van der Waals surface area (Å²) < 4.78 is 3.22. The summed E-state index contributed by atoms with van der Waals surface area (Å²) in [5.74, 6) is 0. The number of rotatable bonds is 0. The highest BCUT2D eigenvalue weighted by atomic mass is 79.9. The van der Waals surface area contributed by atoms with Crippen molar-refractivity contribution in [2.75, 3.05) is 0 Å². The predicted octanol–water partition coefficient (Wildman–Crippen LogP) is 3.62. The minimum absolute atomic E-state index is 0.984. The molecule has 55 valence electrons. The Hall–Kier alpha value is 0.0700. The molecule has 0 amide bonds. The molecule has 2 rings (SSSR count). The maximum Gasteiger partial charge on any atom is 0.153 e. The van der Waals surface area contributed by atoms with Crippen LogP contribution in [0.25, 0.3) is 10.2 Å². The number of benzene rings is 1. The molecule has 0 fully saturated rings. The molecule has 0 atom stereocenters. The number of thiazole rings is 1. The SMILES string of the molecule is Brc1cc(Br)c2n[c]sc2c1. The van der Waals surface area contributed by atoms with Gasteiger partial charge in [0.1, 0.15) is 0 Å². The standard InChI is InChI=1S/C7H2Br2NS/c8-4-1-5(9)7-6(2-4)11-3-10-7/h1-2H. The molecule has 1 heterocycles. The summed E-state index contributed by atoms with van der Waals surface area (Å²) in [6, 6.07) is 4.02. The monoisotopic (exact) mass is 290 g/mol. The number of nitrogens with zero attached hydrogens (tertiary/aromatic N) is 1. The lowest BCUT2D eigenvalue weighted by molar-refractivity contribution is 1.47. The highest BCUT2D eigenvalue weighted by Gasteiger charge is 2.02. The van der Waals surface area contributed by atoms with Gasteiger partial charge < -0.3 is 0 Å². The summed E-state index contributed by atoms with van der Waals surface area (Å²) in [5.41, 5.74) is 3.83. The Morgan fingerprint density at radius 1 is 1.36 bits per heavy atom. The van der Waals surface area contributed by atoms with Crippen LogP contribution in [0.5, 0.6) is 0 Å². The van der Waals surface area contributed by atoms with Crippen molar-refractivity contribution in [2.45, 2.75) is 0 Å². The van der Waals surface area contributed by atoms with Gasteiger partial charge in [-0.3, -0.25) is 0 Å². The first-order chi connectivity index (χ1) is 5.27. The molecule has 1 aromatic carbocycles. The topological polar surface area (TPSA) is 12.9 Å². The summed E-state index contributed by atoms with van der Waals surface area (Å²) >= 11 is 8.34. The van der Waals surface area contributed by atoms with Crippen LogP contribution in [0.3, 0.4) is 0 Å². The Morgan fingerprint density at radius 3 is 3.00 bits per heavy atom. The van der Waals surface area contributed by atoms with E-state index in [4.69, 9.17) is 0 Å². The van der Waals surface area contributed by atoms with Gasteiger partial charge in [-0.2, -0.15) is 0 Å². The summed E-state index contributed by atoms with van der Waals surface area (Å²) in [6.45, 7) is 0. The van der Waals surface area contributed by atoms with E-state index in [1.54, 1.807) is 0 Å². The second-order valence-electron chi connectivity index (χ2n) is 2.04. The molecule has 1 aromatic heterocycles. The minimum atomic E-state index is 0.984. The highest BCUT2D eigenvalue weighted by molar-refractivity contribution is 9.11. The first kappa shape index (κ1) is 7.71. The number of halogens is 2. The van der Waals surface area contributed by atoms with Crippen LogP contribution in [0, 0.1) is 5.51 Å². The molecular formula is C7H2Br2NS. The van der Waals surface area contributed by atoms with Gasteiger partial charge in [-0.1, -0.05) is 15.9 Å². The van der Waals surface area contributed by atoms with E-state index in [1.165, 1.54) is 11.3 Å². The number of fused-ring (bicyclic) bond motifs is 1. The largest absolute Gasteiger partial charge is 0.232 e. The quantitative estimate of drug-likeness (QED) is 0.722. The smallest absolute Gasteiger partial charge is 0.153 e. The molecule has 0 N–H and O–H groups in total. The fourth-order valence-electron chi connectivity index (χ4n) is 0.846. The summed E-state index contributed by atoms with van der Waals surface area (Å²) in [6.07, 6.45) is 0. The van der Waals surface area contributed by atoms with Crippen molar-refractivity contribution in [3.05, 3.63) is 26.6 Å². The molecule has 11 heavy (non-hydrogen) atoms. The molecule has 0 aliphatic carbocycles. The normalized spacial score (nSPS) is 10.7. The third-order valence-corrected chi connectivity index (χ3v) is 3.08. The highest BCUT2D eigenvalue weighted by Crippen LogP contribution is 2.29. The zero-order valence-corrected chi connectivity index (χ0v) is 9.25. The fourth-order valence-corrected chi connectivity index (χ4v) is 3.12. The van der Waals surface area contributed by atoms with E-state index in [0.717, 1.165) is 19.2 Å². The van der Waals surface area contributed by atoms with E-state index < -0.39 is 0 Å². The van der Waals surface area contributed by atoms with Crippen LogP contribution < -0.4 is 0 Å². The van der Waals surface area contributed by atoms with Crippen molar-refractivity contribution in [1.82, 2.24) is 4.98 Å². The van der Waals surface area contributed by atoms with Gasteiger partial charge in [-0.05, 0) is 28.1 Å². The molecule has 1 nitrogen and oxygen atoms in total. The molecule has 0 saturated carbocycles. The molecule has 0 unspecified atom stereocenters. The van der Waals surface area contributed by atoms with E-state index in [1.807, 2.05) is 12.1 Å². The van der Waals surface area contributed by atoms with Crippen molar-refractivity contribution in [1.29, 1.82) is 0 Å². The maximum absolute atomic E-state index is 4.09. The molecule has 0 saturated heterocycles. The molecule has 0 spiro atoms. The average molecular weight is 292 g/mol. The van der Waals surface area contributed by atoms with Gasteiger partial charge in [0.25, 0.3) is 0 Å². The van der Waals surface area contributed by atoms with Gasteiger partial charge in [0.05, 0.1) is 10.2 Å². The van der Waals surface area contributed by atoms with Crippen LogP contribution in [0.2, 0.25) is 0 Å². The van der Waals surface area contributed by atoms with Crippen molar-refractivity contribution in [2.24, 2.45) is 0 Å². The number of aromatic nitrogens is 1. The molecule has 0 aliphatic rings.